The number of likely N-dealkylation sites (N-methyl/N-ethyl adjacent to an activating group) is 1. The van der Waals surface area contributed by atoms with E-state index in [4.69, 9.17) is 19.3 Å². The third-order valence-electron chi connectivity index (χ3n) is 5.59. The molecule has 2 amide bonds. The van der Waals surface area contributed by atoms with Crippen molar-refractivity contribution in [2.24, 2.45) is 4.99 Å². The normalized spacial score (nSPS) is 17.8. The van der Waals surface area contributed by atoms with Crippen molar-refractivity contribution < 1.29 is 33.7 Å². The minimum absolute atomic E-state index is 0.0741. The van der Waals surface area contributed by atoms with Crippen LogP contribution in [0.5, 0.6) is 11.5 Å². The van der Waals surface area contributed by atoms with E-state index in [9.17, 15) is 14.4 Å². The lowest BCUT2D eigenvalue weighted by molar-refractivity contribution is -0.139. The molecule has 2 aliphatic rings. The van der Waals surface area contributed by atoms with Gasteiger partial charge in [0.25, 0.3) is 11.8 Å². The Morgan fingerprint density at radius 1 is 1.21 bits per heavy atom. The number of aliphatic imine (C=N–C) groups is 1. The smallest absolute Gasteiger partial charge is 0.341 e. The number of thioether (sulfide) groups is 1. The zero-order valence-corrected chi connectivity index (χ0v) is 23.8. The van der Waals surface area contributed by atoms with Gasteiger partial charge < -0.3 is 24.2 Å². The van der Waals surface area contributed by atoms with Crippen LogP contribution in [0, 0.1) is 3.57 Å². The topological polar surface area (TPSA) is 118 Å². The lowest BCUT2D eigenvalue weighted by Gasteiger charge is -2.26. The number of carboxylic acids is 1. The summed E-state index contributed by atoms with van der Waals surface area (Å²) in [6.07, 6.45) is 1.73. The quantitative estimate of drug-likeness (QED) is 0.338. The number of halogens is 1. The molecule has 38 heavy (non-hydrogen) atoms. The summed E-state index contributed by atoms with van der Waals surface area (Å²) in [5, 5.41) is 9.44. The van der Waals surface area contributed by atoms with Crippen molar-refractivity contribution in [1.82, 2.24) is 9.80 Å². The number of carbonyl (C=O) groups is 3. The molecule has 0 bridgehead atoms. The standard InChI is InChI=1S/C26H26IN3O7S/c1-3-36-20-12-16(11-19(27)23(20)37-15-22(31)32)13-21-25(34)29(2)26(38-21)28-18-6-4-5-17(14-18)24(33)30-7-9-35-10-8-30/h4-6,11-14H,3,7-10,15H2,1-2H3,(H,31,32)/b21-13+,28-26?. The van der Waals surface area contributed by atoms with Crippen molar-refractivity contribution in [1.29, 1.82) is 0 Å². The highest BCUT2D eigenvalue weighted by atomic mass is 127. The predicted molar refractivity (Wildman–Crippen MR) is 152 cm³/mol. The minimum Gasteiger partial charge on any atom is -0.490 e. The van der Waals surface area contributed by atoms with Crippen molar-refractivity contribution in [2.45, 2.75) is 6.92 Å². The van der Waals surface area contributed by atoms with E-state index in [1.54, 1.807) is 54.4 Å². The van der Waals surface area contributed by atoms with Crippen LogP contribution in [0.15, 0.2) is 46.3 Å². The highest BCUT2D eigenvalue weighted by Gasteiger charge is 2.31. The molecule has 0 radical (unpaired) electrons. The third kappa shape index (κ3) is 6.66. The number of ether oxygens (including phenoxy) is 3. The molecule has 0 saturated carbocycles. The number of amidine groups is 1. The average molecular weight is 651 g/mol. The number of aliphatic carboxylic acids is 1. The average Bonchev–Trinajstić information content (AvgIpc) is 3.16. The van der Waals surface area contributed by atoms with Crippen LogP contribution in [0.3, 0.4) is 0 Å². The fraction of sp³-hybridized carbons (Fsp3) is 0.308. The predicted octanol–water partition coefficient (Wildman–Crippen LogP) is 3.86. The summed E-state index contributed by atoms with van der Waals surface area (Å²) in [7, 11) is 1.65. The summed E-state index contributed by atoms with van der Waals surface area (Å²) in [4.78, 5) is 45.1. The van der Waals surface area contributed by atoms with Gasteiger partial charge in [0.05, 0.1) is 34.0 Å². The molecule has 0 aromatic heterocycles. The van der Waals surface area contributed by atoms with E-state index in [-0.39, 0.29) is 11.8 Å². The molecule has 2 fully saturated rings. The Morgan fingerprint density at radius 2 is 1.97 bits per heavy atom. The lowest BCUT2D eigenvalue weighted by atomic mass is 10.1. The highest BCUT2D eigenvalue weighted by Crippen LogP contribution is 2.38. The number of hydrogen-bond donors (Lipinski definition) is 1. The van der Waals surface area contributed by atoms with Gasteiger partial charge in [-0.25, -0.2) is 9.79 Å². The largest absolute Gasteiger partial charge is 0.490 e. The monoisotopic (exact) mass is 651 g/mol. The first-order valence-electron chi connectivity index (χ1n) is 11.8. The molecule has 0 spiro atoms. The molecule has 12 heteroatoms. The van der Waals surface area contributed by atoms with Crippen LogP contribution in [0.25, 0.3) is 6.08 Å². The molecular weight excluding hydrogens is 625 g/mol. The fourth-order valence-electron chi connectivity index (χ4n) is 3.78. The number of benzene rings is 2. The zero-order chi connectivity index (χ0) is 27.2. The number of rotatable bonds is 8. The van der Waals surface area contributed by atoms with Crippen molar-refractivity contribution >= 4 is 69.1 Å². The van der Waals surface area contributed by atoms with Gasteiger partial charge in [0.15, 0.2) is 23.3 Å². The van der Waals surface area contributed by atoms with E-state index in [1.807, 2.05) is 29.5 Å². The van der Waals surface area contributed by atoms with Crippen LogP contribution in [0.1, 0.15) is 22.8 Å². The molecule has 0 unspecified atom stereocenters. The molecule has 200 valence electrons. The summed E-state index contributed by atoms with van der Waals surface area (Å²) >= 11 is 3.27. The van der Waals surface area contributed by atoms with Crippen LogP contribution in [0.2, 0.25) is 0 Å². The van der Waals surface area contributed by atoms with Gasteiger partial charge in [-0.3, -0.25) is 14.5 Å². The van der Waals surface area contributed by atoms with Gasteiger partial charge in [-0.05, 0) is 83.2 Å². The van der Waals surface area contributed by atoms with Crippen LogP contribution in [-0.4, -0.2) is 84.4 Å². The van der Waals surface area contributed by atoms with Gasteiger partial charge in [-0.2, -0.15) is 0 Å². The van der Waals surface area contributed by atoms with Gasteiger partial charge in [-0.1, -0.05) is 6.07 Å². The van der Waals surface area contributed by atoms with E-state index >= 15 is 0 Å². The number of carbonyl (C=O) groups excluding carboxylic acids is 2. The van der Waals surface area contributed by atoms with Gasteiger partial charge in [0.2, 0.25) is 0 Å². The Balaban J connectivity index is 1.57. The molecule has 10 nitrogen and oxygen atoms in total. The second kappa shape index (κ2) is 12.6. The molecule has 2 aromatic carbocycles. The van der Waals surface area contributed by atoms with Gasteiger partial charge in [-0.15, -0.1) is 0 Å². The van der Waals surface area contributed by atoms with Crippen molar-refractivity contribution in [3.8, 4) is 11.5 Å². The maximum absolute atomic E-state index is 13.0. The summed E-state index contributed by atoms with van der Waals surface area (Å²) in [5.41, 5.74) is 1.80. The Labute approximate surface area is 237 Å². The maximum Gasteiger partial charge on any atom is 0.341 e. The van der Waals surface area contributed by atoms with Gasteiger partial charge >= 0.3 is 5.97 Å². The first-order valence-corrected chi connectivity index (χ1v) is 13.7. The van der Waals surface area contributed by atoms with E-state index in [0.29, 0.717) is 74.9 Å². The first-order chi connectivity index (χ1) is 18.3. The highest BCUT2D eigenvalue weighted by molar-refractivity contribution is 14.1. The SMILES string of the molecule is CCOc1cc(/C=C2/SC(=Nc3cccc(C(=O)N4CCOCC4)c3)N(C)C2=O)cc(I)c1OCC(=O)O. The molecule has 2 saturated heterocycles. The van der Waals surface area contributed by atoms with Crippen LogP contribution in [0.4, 0.5) is 5.69 Å². The molecule has 2 aliphatic heterocycles. The summed E-state index contributed by atoms with van der Waals surface area (Å²) in [6, 6.07) is 10.5. The van der Waals surface area contributed by atoms with Gasteiger partial charge in [0.1, 0.15) is 0 Å². The number of nitrogens with zero attached hydrogens (tertiary/aromatic N) is 3. The fourth-order valence-corrected chi connectivity index (χ4v) is 5.55. The second-order valence-electron chi connectivity index (χ2n) is 8.27. The summed E-state index contributed by atoms with van der Waals surface area (Å²) in [6.45, 7) is 3.83. The lowest BCUT2D eigenvalue weighted by Crippen LogP contribution is -2.40. The molecule has 4 rings (SSSR count). The van der Waals surface area contributed by atoms with E-state index in [2.05, 4.69) is 4.99 Å². The third-order valence-corrected chi connectivity index (χ3v) is 7.45. The van der Waals surface area contributed by atoms with Crippen LogP contribution >= 0.6 is 34.4 Å². The number of morpholine rings is 1. The van der Waals surface area contributed by atoms with E-state index in [0.717, 1.165) is 0 Å². The number of hydrogen-bond acceptors (Lipinski definition) is 8. The van der Waals surface area contributed by atoms with Crippen molar-refractivity contribution in [2.75, 3.05) is 46.6 Å². The van der Waals surface area contributed by atoms with Crippen LogP contribution < -0.4 is 9.47 Å². The summed E-state index contributed by atoms with van der Waals surface area (Å²) in [5.74, 6) is -0.642. The Bertz CT molecular complexity index is 1310. The molecular formula is C26H26IN3O7S. The Morgan fingerprint density at radius 3 is 2.68 bits per heavy atom. The van der Waals surface area contributed by atoms with Crippen LogP contribution in [-0.2, 0) is 14.3 Å². The van der Waals surface area contributed by atoms with E-state index < -0.39 is 12.6 Å². The number of amides is 2. The summed E-state index contributed by atoms with van der Waals surface area (Å²) < 4.78 is 17.1. The molecule has 0 atom stereocenters. The number of carboxylic acid groups (broad SMARTS) is 1. The van der Waals surface area contributed by atoms with Crippen molar-refractivity contribution in [3.05, 3.63) is 56.0 Å². The van der Waals surface area contributed by atoms with E-state index in [1.165, 1.54) is 16.7 Å². The van der Waals surface area contributed by atoms with Gasteiger partial charge in [0, 0.05) is 25.7 Å². The molecule has 2 aromatic rings. The Kier molecular flexibility index (Phi) is 9.28. The molecule has 2 heterocycles. The zero-order valence-electron chi connectivity index (χ0n) is 20.8. The second-order valence-corrected chi connectivity index (χ2v) is 10.4. The van der Waals surface area contributed by atoms with Crippen molar-refractivity contribution in [3.63, 3.8) is 0 Å². The Hall–Kier alpha value is -3.10. The minimum atomic E-state index is -1.09. The maximum atomic E-state index is 13.0. The molecule has 0 aliphatic carbocycles. The first kappa shape index (κ1) is 27.9. The molecule has 1 N–H and O–H groups in total.